The van der Waals surface area contributed by atoms with E-state index < -0.39 is 72.3 Å². The lowest BCUT2D eigenvalue weighted by Crippen LogP contribution is -2.30. The van der Waals surface area contributed by atoms with Gasteiger partial charge in [0.15, 0.2) is 6.10 Å². The Morgan fingerprint density at radius 2 is 1.11 bits per heavy atom. The summed E-state index contributed by atoms with van der Waals surface area (Å²) in [4.78, 5) is 52.8. The van der Waals surface area contributed by atoms with Crippen LogP contribution in [0.3, 0.4) is 0 Å². The Labute approximate surface area is 380 Å². The minimum Gasteiger partial charge on any atom is -0.462 e. The molecule has 0 saturated heterocycles. The van der Waals surface area contributed by atoms with Crippen molar-refractivity contribution >= 4 is 27.6 Å². The molecule has 0 fully saturated rings. The Hall–Kier alpha value is -1.96. The summed E-state index contributed by atoms with van der Waals surface area (Å²) in [5, 5.41) is 20.0. The highest BCUT2D eigenvalue weighted by molar-refractivity contribution is 7.47. The van der Waals surface area contributed by atoms with Gasteiger partial charge in [-0.05, 0) is 50.9 Å². The molecule has 0 aliphatic heterocycles. The van der Waals surface area contributed by atoms with Crippen LogP contribution >= 0.6 is 15.6 Å². The number of phosphoric ester groups is 2. The van der Waals surface area contributed by atoms with E-state index in [0.29, 0.717) is 19.3 Å². The maximum Gasteiger partial charge on any atom is 0.472 e. The molecule has 14 nitrogen and oxygen atoms in total. The van der Waals surface area contributed by atoms with Crippen molar-refractivity contribution in [2.24, 2.45) is 5.92 Å². The number of unbranched alkanes of at least 4 members (excludes halogenated alkanes) is 16. The van der Waals surface area contributed by atoms with Crippen molar-refractivity contribution in [2.75, 3.05) is 26.4 Å². The maximum absolute atomic E-state index is 12.7. The predicted molar refractivity (Wildman–Crippen MR) is 250 cm³/mol. The van der Waals surface area contributed by atoms with Gasteiger partial charge in [-0.25, -0.2) is 9.13 Å². The van der Waals surface area contributed by atoms with Crippen LogP contribution in [0.25, 0.3) is 0 Å². The summed E-state index contributed by atoms with van der Waals surface area (Å²) in [6.45, 7) is 3.89. The third-order valence-corrected chi connectivity index (χ3v) is 11.8. The normalized spacial score (nSPS) is 15.4. The van der Waals surface area contributed by atoms with Gasteiger partial charge < -0.3 is 34.4 Å². The zero-order chi connectivity index (χ0) is 46.9. The standard InChI is InChI=1S/C47H86O14P2/c1-4-6-7-8-9-10-11-14-18-21-24-27-30-34-43(48)35-32-37-46(50)57-40-45(41-60-63(55,56)59-39-44(49)38-58-62(52,53)54)61-47(51)36-31-28-25-22-19-16-13-12-15-17-20-23-26-29-33-42(3)5-2/h9-10,14,18,24,27,30,34,42-45,48-49H,4-8,11-13,15-17,19-23,25-26,28-29,31-33,35-41H2,1-3H3,(H,55,56)(H2,52,53,54)/b10-9-,18-14-,27-24-,34-30+/t42?,43-,44+,45-/m1/s1. The lowest BCUT2D eigenvalue weighted by molar-refractivity contribution is -0.161. The third kappa shape index (κ3) is 45.0. The molecule has 16 heteroatoms. The van der Waals surface area contributed by atoms with Crippen LogP contribution in [-0.4, -0.2) is 81.6 Å². The first-order chi connectivity index (χ1) is 30.2. The molecule has 0 rings (SSSR count). The number of allylic oxidation sites excluding steroid dienone is 7. The molecule has 0 bridgehead atoms. The van der Waals surface area contributed by atoms with E-state index in [-0.39, 0.29) is 12.8 Å². The van der Waals surface area contributed by atoms with Crippen molar-refractivity contribution in [1.82, 2.24) is 0 Å². The number of rotatable bonds is 44. The molecule has 0 heterocycles. The summed E-state index contributed by atoms with van der Waals surface area (Å²) in [6.07, 6.45) is 38.4. The molecular formula is C47H86O14P2. The summed E-state index contributed by atoms with van der Waals surface area (Å²) >= 11 is 0. The molecule has 63 heavy (non-hydrogen) atoms. The highest BCUT2D eigenvalue weighted by atomic mass is 31.2. The van der Waals surface area contributed by atoms with E-state index in [9.17, 15) is 33.8 Å². The van der Waals surface area contributed by atoms with E-state index in [0.717, 1.165) is 50.9 Å². The lowest BCUT2D eigenvalue weighted by atomic mass is 9.99. The summed E-state index contributed by atoms with van der Waals surface area (Å²) in [5.74, 6) is -0.378. The number of aliphatic hydroxyl groups excluding tert-OH is 2. The van der Waals surface area contributed by atoms with Gasteiger partial charge in [0, 0.05) is 12.8 Å². The summed E-state index contributed by atoms with van der Waals surface area (Å²) in [5.41, 5.74) is 0. The number of ether oxygens (including phenoxy) is 2. The van der Waals surface area contributed by atoms with Gasteiger partial charge in [-0.2, -0.15) is 0 Å². The van der Waals surface area contributed by atoms with Gasteiger partial charge in [0.25, 0.3) is 0 Å². The van der Waals surface area contributed by atoms with Crippen LogP contribution in [0, 0.1) is 5.92 Å². The second-order valence-electron chi connectivity index (χ2n) is 16.5. The van der Waals surface area contributed by atoms with Gasteiger partial charge in [-0.1, -0.05) is 179 Å². The Morgan fingerprint density at radius 3 is 1.71 bits per heavy atom. The minimum atomic E-state index is -4.88. The zero-order valence-corrected chi connectivity index (χ0v) is 40.7. The number of esters is 2. The molecule has 0 aliphatic carbocycles. The van der Waals surface area contributed by atoms with Crippen molar-refractivity contribution < 1.29 is 66.7 Å². The van der Waals surface area contributed by atoms with Crippen molar-refractivity contribution in [1.29, 1.82) is 0 Å². The molecule has 0 aliphatic rings. The van der Waals surface area contributed by atoms with Crippen molar-refractivity contribution in [3.63, 3.8) is 0 Å². The fraction of sp³-hybridized carbons (Fsp3) is 0.787. The second kappa shape index (κ2) is 41.5. The first-order valence-corrected chi connectivity index (χ1v) is 26.9. The monoisotopic (exact) mass is 937 g/mol. The first-order valence-electron chi connectivity index (χ1n) is 23.8. The first kappa shape index (κ1) is 61.0. The van der Waals surface area contributed by atoms with Gasteiger partial charge >= 0.3 is 27.6 Å². The van der Waals surface area contributed by atoms with E-state index >= 15 is 0 Å². The SMILES string of the molecule is CCCCC/C=C\C/C=C\C/C=C\C=C\[C@@H](O)CCCC(=O)OC[C@H](COP(=O)(O)OC[C@@H](O)COP(=O)(O)O)OC(=O)CCCCCCCCCCCCCCCCC(C)CC. The van der Waals surface area contributed by atoms with Crippen LogP contribution < -0.4 is 0 Å². The molecule has 0 aromatic carbocycles. The van der Waals surface area contributed by atoms with Crippen LogP contribution in [0.4, 0.5) is 0 Å². The number of carbonyl (C=O) groups is 2. The third-order valence-electron chi connectivity index (χ3n) is 10.4. The van der Waals surface area contributed by atoms with E-state index in [1.54, 1.807) is 12.2 Å². The van der Waals surface area contributed by atoms with Crippen LogP contribution in [0.2, 0.25) is 0 Å². The molecule has 0 aromatic heterocycles. The molecule has 5 N–H and O–H groups in total. The van der Waals surface area contributed by atoms with Gasteiger partial charge in [-0.15, -0.1) is 0 Å². The maximum atomic E-state index is 12.7. The molecule has 2 unspecified atom stereocenters. The molecule has 0 amide bonds. The van der Waals surface area contributed by atoms with Crippen molar-refractivity contribution in [3.05, 3.63) is 48.6 Å². The van der Waals surface area contributed by atoms with Crippen molar-refractivity contribution in [3.8, 4) is 0 Å². The Kier molecular flexibility index (Phi) is 40.2. The van der Waals surface area contributed by atoms with E-state index in [1.807, 2.05) is 12.2 Å². The second-order valence-corrected chi connectivity index (χ2v) is 19.2. The Bertz CT molecular complexity index is 1330. The molecule has 368 valence electrons. The van der Waals surface area contributed by atoms with Gasteiger partial charge in [0.05, 0.1) is 25.9 Å². The number of aliphatic hydroxyl groups is 2. The topological polar surface area (TPSA) is 216 Å². The molecule has 5 atom stereocenters. The van der Waals surface area contributed by atoms with E-state index in [1.165, 1.54) is 89.9 Å². The van der Waals surface area contributed by atoms with Crippen LogP contribution in [0.1, 0.15) is 188 Å². The van der Waals surface area contributed by atoms with Crippen LogP contribution in [0.15, 0.2) is 48.6 Å². The molecule has 0 spiro atoms. The Balaban J connectivity index is 4.63. The molecular weight excluding hydrogens is 850 g/mol. The van der Waals surface area contributed by atoms with Crippen LogP contribution in [0.5, 0.6) is 0 Å². The summed E-state index contributed by atoms with van der Waals surface area (Å²) in [7, 11) is -9.74. The fourth-order valence-electron chi connectivity index (χ4n) is 6.31. The average molecular weight is 937 g/mol. The molecule has 0 aromatic rings. The lowest BCUT2D eigenvalue weighted by Gasteiger charge is -2.20. The molecule has 0 saturated carbocycles. The highest BCUT2D eigenvalue weighted by Gasteiger charge is 2.28. The number of hydrogen-bond acceptors (Lipinski definition) is 11. The summed E-state index contributed by atoms with van der Waals surface area (Å²) in [6, 6.07) is 0. The predicted octanol–water partition coefficient (Wildman–Crippen LogP) is 11.4. The number of carbonyl (C=O) groups excluding carboxylic acids is 2. The van der Waals surface area contributed by atoms with E-state index in [4.69, 9.17) is 23.8 Å². The van der Waals surface area contributed by atoms with E-state index in [2.05, 4.69) is 54.1 Å². The fourth-order valence-corrected chi connectivity index (χ4v) is 7.47. The van der Waals surface area contributed by atoms with Gasteiger partial charge in [0.2, 0.25) is 0 Å². The minimum absolute atomic E-state index is 0.0327. The average Bonchev–Trinajstić information content (AvgIpc) is 3.24. The quantitative estimate of drug-likeness (QED) is 0.0126. The Morgan fingerprint density at radius 1 is 0.571 bits per heavy atom. The molecule has 0 radical (unpaired) electrons. The van der Waals surface area contributed by atoms with Gasteiger partial charge in [0.1, 0.15) is 12.7 Å². The van der Waals surface area contributed by atoms with Gasteiger partial charge in [-0.3, -0.25) is 23.2 Å². The summed E-state index contributed by atoms with van der Waals surface area (Å²) < 4.78 is 47.7. The highest BCUT2D eigenvalue weighted by Crippen LogP contribution is 2.43. The smallest absolute Gasteiger partial charge is 0.462 e. The zero-order valence-electron chi connectivity index (χ0n) is 38.9. The largest absolute Gasteiger partial charge is 0.472 e. The number of phosphoric acid groups is 2. The van der Waals surface area contributed by atoms with Crippen molar-refractivity contribution in [2.45, 2.75) is 206 Å². The number of hydrogen-bond donors (Lipinski definition) is 5. The van der Waals surface area contributed by atoms with Crippen LogP contribution in [-0.2, 0) is 41.8 Å².